The van der Waals surface area contributed by atoms with E-state index in [1.807, 2.05) is 50.2 Å². The molecule has 142 valence electrons. The molecule has 0 spiro atoms. The van der Waals surface area contributed by atoms with Gasteiger partial charge >= 0.3 is 0 Å². The number of benzene rings is 2. The van der Waals surface area contributed by atoms with Crippen molar-refractivity contribution in [2.75, 3.05) is 5.32 Å². The Balaban J connectivity index is 1.83. The van der Waals surface area contributed by atoms with Crippen molar-refractivity contribution < 1.29 is 9.59 Å². The SMILES string of the molecule is CCc1cccc(-n2nc(C)c3c2NC(=O)C[C@@H]3C(=O)c2ccccc2C)c1. The topological polar surface area (TPSA) is 64.0 Å². The summed E-state index contributed by atoms with van der Waals surface area (Å²) in [5.74, 6) is -0.103. The molecule has 28 heavy (non-hydrogen) atoms. The quantitative estimate of drug-likeness (QED) is 0.691. The molecule has 1 N–H and O–H groups in total. The number of Topliss-reactive ketones (excluding diaryl/α,β-unsaturated/α-hetero) is 1. The molecule has 2 aromatic carbocycles. The van der Waals surface area contributed by atoms with Crippen LogP contribution in [0.3, 0.4) is 0 Å². The van der Waals surface area contributed by atoms with Crippen molar-refractivity contribution in [3.05, 3.63) is 76.5 Å². The highest BCUT2D eigenvalue weighted by molar-refractivity contribution is 6.08. The molecule has 3 aromatic rings. The molecule has 1 aliphatic rings. The van der Waals surface area contributed by atoms with Crippen LogP contribution in [0.15, 0.2) is 48.5 Å². The molecule has 5 heteroatoms. The van der Waals surface area contributed by atoms with Crippen LogP contribution in [0.1, 0.15) is 52.0 Å². The van der Waals surface area contributed by atoms with Crippen molar-refractivity contribution in [3.8, 4) is 5.69 Å². The number of anilines is 1. The molecule has 1 amide bonds. The van der Waals surface area contributed by atoms with Crippen molar-refractivity contribution in [1.29, 1.82) is 0 Å². The van der Waals surface area contributed by atoms with Crippen LogP contribution < -0.4 is 5.32 Å². The van der Waals surface area contributed by atoms with Gasteiger partial charge in [0.05, 0.1) is 17.3 Å². The molecule has 0 saturated heterocycles. The number of hydrogen-bond donors (Lipinski definition) is 1. The van der Waals surface area contributed by atoms with Gasteiger partial charge in [0.1, 0.15) is 5.82 Å². The fraction of sp³-hybridized carbons (Fsp3) is 0.261. The zero-order valence-corrected chi connectivity index (χ0v) is 16.3. The van der Waals surface area contributed by atoms with Crippen molar-refractivity contribution in [3.63, 3.8) is 0 Å². The Bertz CT molecular complexity index is 1080. The predicted octanol–water partition coefficient (Wildman–Crippen LogP) is 4.36. The van der Waals surface area contributed by atoms with Crippen LogP contribution in [-0.2, 0) is 11.2 Å². The normalized spacial score (nSPS) is 15.8. The number of ketones is 1. The van der Waals surface area contributed by atoms with Gasteiger partial charge in [-0.1, -0.05) is 43.3 Å². The van der Waals surface area contributed by atoms with E-state index in [2.05, 4.69) is 29.5 Å². The van der Waals surface area contributed by atoms with Gasteiger partial charge in [0, 0.05) is 17.5 Å². The van der Waals surface area contributed by atoms with Gasteiger partial charge in [0.2, 0.25) is 5.91 Å². The van der Waals surface area contributed by atoms with Crippen LogP contribution in [0.25, 0.3) is 5.69 Å². The van der Waals surface area contributed by atoms with Gasteiger partial charge in [-0.3, -0.25) is 9.59 Å². The smallest absolute Gasteiger partial charge is 0.226 e. The monoisotopic (exact) mass is 373 g/mol. The van der Waals surface area contributed by atoms with Gasteiger partial charge in [0.25, 0.3) is 0 Å². The third kappa shape index (κ3) is 3.03. The number of nitrogens with one attached hydrogen (secondary N) is 1. The molecular weight excluding hydrogens is 350 g/mol. The van der Waals surface area contributed by atoms with Crippen LogP contribution in [-0.4, -0.2) is 21.5 Å². The van der Waals surface area contributed by atoms with E-state index in [4.69, 9.17) is 0 Å². The number of aromatic nitrogens is 2. The van der Waals surface area contributed by atoms with Gasteiger partial charge in [0.15, 0.2) is 5.78 Å². The van der Waals surface area contributed by atoms with Crippen LogP contribution in [0.4, 0.5) is 5.82 Å². The number of fused-ring (bicyclic) bond motifs is 1. The highest BCUT2D eigenvalue weighted by atomic mass is 16.2. The summed E-state index contributed by atoms with van der Waals surface area (Å²) in [5, 5.41) is 7.62. The van der Waals surface area contributed by atoms with Crippen LogP contribution in [0.2, 0.25) is 0 Å². The molecular formula is C23H23N3O2. The summed E-state index contributed by atoms with van der Waals surface area (Å²) in [4.78, 5) is 25.8. The Morgan fingerprint density at radius 2 is 1.96 bits per heavy atom. The number of rotatable bonds is 4. The maximum Gasteiger partial charge on any atom is 0.226 e. The van der Waals surface area contributed by atoms with Crippen LogP contribution in [0, 0.1) is 13.8 Å². The number of carbonyl (C=O) groups excluding carboxylic acids is 2. The second-order valence-corrected chi connectivity index (χ2v) is 7.27. The molecule has 5 nitrogen and oxygen atoms in total. The Labute approximate surface area is 164 Å². The molecule has 1 aliphatic heterocycles. The fourth-order valence-electron chi connectivity index (χ4n) is 3.90. The third-order valence-electron chi connectivity index (χ3n) is 5.39. The van der Waals surface area contributed by atoms with Crippen LogP contribution in [0.5, 0.6) is 0 Å². The van der Waals surface area contributed by atoms with E-state index in [1.165, 1.54) is 5.56 Å². The zero-order chi connectivity index (χ0) is 19.8. The molecule has 4 rings (SSSR count). The number of amides is 1. The van der Waals surface area contributed by atoms with E-state index in [9.17, 15) is 9.59 Å². The van der Waals surface area contributed by atoms with E-state index >= 15 is 0 Å². The van der Waals surface area contributed by atoms with Crippen molar-refractivity contribution in [1.82, 2.24) is 9.78 Å². The lowest BCUT2D eigenvalue weighted by atomic mass is 9.84. The summed E-state index contributed by atoms with van der Waals surface area (Å²) < 4.78 is 1.75. The first-order chi connectivity index (χ1) is 13.5. The van der Waals surface area contributed by atoms with Crippen molar-refractivity contribution >= 4 is 17.5 Å². The van der Waals surface area contributed by atoms with Crippen molar-refractivity contribution in [2.24, 2.45) is 0 Å². The number of carbonyl (C=O) groups is 2. The Kier molecular flexibility index (Phi) is 4.59. The lowest BCUT2D eigenvalue weighted by molar-refractivity contribution is -0.116. The lowest BCUT2D eigenvalue weighted by Crippen LogP contribution is -2.28. The van der Waals surface area contributed by atoms with Crippen LogP contribution >= 0.6 is 0 Å². The van der Waals surface area contributed by atoms with Gasteiger partial charge in [-0.25, -0.2) is 4.68 Å². The summed E-state index contributed by atoms with van der Waals surface area (Å²) in [6.45, 7) is 5.92. The third-order valence-corrected chi connectivity index (χ3v) is 5.39. The highest BCUT2D eigenvalue weighted by Gasteiger charge is 2.36. The number of hydrogen-bond acceptors (Lipinski definition) is 3. The molecule has 1 aromatic heterocycles. The lowest BCUT2D eigenvalue weighted by Gasteiger charge is -2.23. The molecule has 0 saturated carbocycles. The second-order valence-electron chi connectivity index (χ2n) is 7.27. The first-order valence-electron chi connectivity index (χ1n) is 9.58. The zero-order valence-electron chi connectivity index (χ0n) is 16.3. The predicted molar refractivity (Wildman–Crippen MR) is 109 cm³/mol. The Morgan fingerprint density at radius 1 is 1.18 bits per heavy atom. The van der Waals surface area contributed by atoms with E-state index in [1.54, 1.807) is 4.68 Å². The van der Waals surface area contributed by atoms with E-state index < -0.39 is 5.92 Å². The first kappa shape index (κ1) is 18.2. The summed E-state index contributed by atoms with van der Waals surface area (Å²) in [6.07, 6.45) is 1.05. The summed E-state index contributed by atoms with van der Waals surface area (Å²) in [5.41, 5.74) is 5.23. The molecule has 2 heterocycles. The largest absolute Gasteiger partial charge is 0.310 e. The molecule has 1 atom stereocenters. The minimum Gasteiger partial charge on any atom is -0.310 e. The molecule has 0 fully saturated rings. The molecule has 0 radical (unpaired) electrons. The van der Waals surface area contributed by atoms with E-state index in [0.29, 0.717) is 11.4 Å². The maximum atomic E-state index is 13.3. The van der Waals surface area contributed by atoms with Gasteiger partial charge in [-0.15, -0.1) is 0 Å². The molecule has 0 aliphatic carbocycles. The number of nitrogens with zero attached hydrogens (tertiary/aromatic N) is 2. The minimum atomic E-state index is -0.520. The fourth-order valence-corrected chi connectivity index (χ4v) is 3.90. The van der Waals surface area contributed by atoms with Gasteiger partial charge in [-0.2, -0.15) is 5.10 Å². The van der Waals surface area contributed by atoms with Gasteiger partial charge in [-0.05, 0) is 43.5 Å². The second kappa shape index (κ2) is 7.08. The maximum absolute atomic E-state index is 13.3. The van der Waals surface area contributed by atoms with Crippen molar-refractivity contribution in [2.45, 2.75) is 39.5 Å². The minimum absolute atomic E-state index is 0.0286. The summed E-state index contributed by atoms with van der Waals surface area (Å²) in [6, 6.07) is 15.6. The number of aryl methyl sites for hydroxylation is 3. The van der Waals surface area contributed by atoms with E-state index in [0.717, 1.165) is 28.9 Å². The van der Waals surface area contributed by atoms with E-state index in [-0.39, 0.29) is 18.1 Å². The molecule has 0 unspecified atom stereocenters. The summed E-state index contributed by atoms with van der Waals surface area (Å²) >= 11 is 0. The standard InChI is InChI=1S/C23H23N3O2/c1-4-16-9-7-10-17(12-16)26-23-21(15(3)25-26)19(13-20(27)24-23)22(28)18-11-6-5-8-14(18)2/h5-12,19H,4,13H2,1-3H3,(H,24,27)/t19-/m0/s1. The van der Waals surface area contributed by atoms with Gasteiger partial charge < -0.3 is 5.32 Å². The average molecular weight is 373 g/mol. The Morgan fingerprint density at radius 3 is 2.71 bits per heavy atom. The first-order valence-corrected chi connectivity index (χ1v) is 9.58. The molecule has 0 bridgehead atoms. The highest BCUT2D eigenvalue weighted by Crippen LogP contribution is 2.38. The average Bonchev–Trinajstić information content (AvgIpc) is 3.03. The summed E-state index contributed by atoms with van der Waals surface area (Å²) in [7, 11) is 0. The Hall–Kier alpha value is -3.21.